The van der Waals surface area contributed by atoms with Crippen LogP contribution in [0.3, 0.4) is 0 Å². The van der Waals surface area contributed by atoms with Crippen molar-refractivity contribution in [1.29, 1.82) is 0 Å². The molecule has 0 aliphatic carbocycles. The number of piperidine rings is 3. The molecule has 4 aliphatic rings. The van der Waals surface area contributed by atoms with E-state index in [-0.39, 0.29) is 12.7 Å². The number of amides is 1. The Morgan fingerprint density at radius 1 is 1.11 bits per heavy atom. The van der Waals surface area contributed by atoms with Crippen LogP contribution in [-0.4, -0.2) is 67.2 Å². The maximum atomic E-state index is 12.8. The number of aromatic nitrogens is 2. The number of carbonyl (C=O) groups is 1. The van der Waals surface area contributed by atoms with E-state index in [1.807, 2.05) is 0 Å². The Bertz CT molecular complexity index is 1270. The normalized spacial score (nSPS) is 24.1. The fourth-order valence-corrected chi connectivity index (χ4v) is 5.94. The predicted molar refractivity (Wildman–Crippen MR) is 139 cm³/mol. The molecule has 2 aromatic carbocycles. The number of rotatable bonds is 6. The van der Waals surface area contributed by atoms with Crippen LogP contribution in [0, 0.1) is 5.92 Å². The van der Waals surface area contributed by atoms with E-state index in [9.17, 15) is 4.79 Å². The second-order valence-electron chi connectivity index (χ2n) is 10.3. The average Bonchev–Trinajstić information content (AvgIpc) is 3.53. The summed E-state index contributed by atoms with van der Waals surface area (Å²) < 4.78 is 12.8. The van der Waals surface area contributed by atoms with Crippen LogP contribution < -0.4 is 19.7 Å². The van der Waals surface area contributed by atoms with Crippen LogP contribution in [-0.2, 0) is 7.05 Å². The second kappa shape index (κ2) is 9.17. The van der Waals surface area contributed by atoms with E-state index in [1.54, 1.807) is 18.2 Å². The molecular weight excluding hydrogens is 454 g/mol. The number of nitrogens with one attached hydrogen (secondary N) is 1. The Morgan fingerprint density at radius 3 is 2.67 bits per heavy atom. The lowest BCUT2D eigenvalue weighted by atomic mass is 9.74. The van der Waals surface area contributed by atoms with Crippen LogP contribution in [0.25, 0.3) is 11.3 Å². The maximum absolute atomic E-state index is 12.8. The highest BCUT2D eigenvalue weighted by Crippen LogP contribution is 2.42. The van der Waals surface area contributed by atoms with Crippen molar-refractivity contribution in [2.24, 2.45) is 13.0 Å². The molecule has 0 saturated carbocycles. The van der Waals surface area contributed by atoms with E-state index in [1.165, 1.54) is 17.8 Å². The topological polar surface area (TPSA) is 71.9 Å². The molecule has 1 unspecified atom stereocenters. The van der Waals surface area contributed by atoms with Gasteiger partial charge in [0, 0.05) is 68.7 Å². The van der Waals surface area contributed by atoms with Crippen molar-refractivity contribution in [3.63, 3.8) is 0 Å². The highest BCUT2D eigenvalue weighted by molar-refractivity contribution is 5.95. The molecule has 4 atom stereocenters. The number of anilines is 1. The van der Waals surface area contributed by atoms with Crippen LogP contribution in [0.1, 0.15) is 34.8 Å². The molecule has 3 aromatic rings. The quantitative estimate of drug-likeness (QED) is 0.574. The Morgan fingerprint density at radius 2 is 1.92 bits per heavy atom. The Kier molecular flexibility index (Phi) is 5.84. The molecule has 1 aromatic heterocycles. The molecule has 2 bridgehead atoms. The highest BCUT2D eigenvalue weighted by Gasteiger charge is 2.42. The third kappa shape index (κ3) is 4.19. The van der Waals surface area contributed by atoms with Crippen LogP contribution in [0.15, 0.2) is 48.5 Å². The van der Waals surface area contributed by atoms with Gasteiger partial charge in [-0.25, -0.2) is 0 Å². The minimum Gasteiger partial charge on any atom is -0.454 e. The first kappa shape index (κ1) is 22.9. The molecule has 1 amide bonds. The van der Waals surface area contributed by atoms with Gasteiger partial charge in [0.05, 0.1) is 5.69 Å². The van der Waals surface area contributed by atoms with Crippen molar-refractivity contribution in [2.75, 3.05) is 45.4 Å². The van der Waals surface area contributed by atoms with Crippen molar-refractivity contribution < 1.29 is 14.3 Å². The first-order valence-corrected chi connectivity index (χ1v) is 12.7. The lowest BCUT2D eigenvalue weighted by molar-refractivity contribution is 0.0280. The van der Waals surface area contributed by atoms with Gasteiger partial charge < -0.3 is 19.7 Å². The summed E-state index contributed by atoms with van der Waals surface area (Å²) in [6, 6.07) is 16.6. The van der Waals surface area contributed by atoms with Crippen molar-refractivity contribution in [2.45, 2.75) is 24.8 Å². The van der Waals surface area contributed by atoms with Crippen LogP contribution in [0.5, 0.6) is 11.5 Å². The lowest BCUT2D eigenvalue weighted by Gasteiger charge is -2.50. The van der Waals surface area contributed by atoms with Gasteiger partial charge in [-0.2, -0.15) is 5.10 Å². The smallest absolute Gasteiger partial charge is 0.251 e. The molecule has 8 nitrogen and oxygen atoms in total. The largest absolute Gasteiger partial charge is 0.454 e. The molecule has 1 N–H and O–H groups in total. The number of hydrogen-bond acceptors (Lipinski definition) is 6. The molecule has 7 rings (SSSR count). The molecule has 0 radical (unpaired) electrons. The standard InChI is InChI=1S/C28H33N5O3/c1-31(2)21-7-4-18(5-8-21)24-14-25(32(3)30-24)23-16-33-11-10-19(23)12-22(33)15-29-28(34)20-6-9-26-27(13-20)36-17-35-26/h4-9,13-14,19,22-23H,10-12,15-17H2,1-3H3,(H,29,34)/t19-,22+,23-/m0/s1. The zero-order valence-corrected chi connectivity index (χ0v) is 21.1. The Hall–Kier alpha value is -3.52. The molecule has 3 saturated heterocycles. The second-order valence-corrected chi connectivity index (χ2v) is 10.3. The van der Waals surface area contributed by atoms with E-state index in [4.69, 9.17) is 14.6 Å². The lowest BCUT2D eigenvalue weighted by Crippen LogP contribution is -2.56. The first-order valence-electron chi connectivity index (χ1n) is 12.7. The summed E-state index contributed by atoms with van der Waals surface area (Å²) in [6.45, 7) is 2.96. The molecule has 4 aliphatic heterocycles. The SMILES string of the molecule is CN(C)c1ccc(-c2cc([C@H]3CN4CC[C@H]3C[C@@H]4CNC(=O)c3ccc4c(c3)OCO4)n(C)n2)cc1. The van der Waals surface area contributed by atoms with Crippen molar-refractivity contribution in [3.05, 3.63) is 59.8 Å². The van der Waals surface area contributed by atoms with Crippen molar-refractivity contribution in [3.8, 4) is 22.8 Å². The third-order valence-corrected chi connectivity index (χ3v) is 7.99. The summed E-state index contributed by atoms with van der Waals surface area (Å²) in [5.74, 6) is 2.32. The van der Waals surface area contributed by atoms with Gasteiger partial charge in [0.1, 0.15) is 0 Å². The first-order chi connectivity index (χ1) is 17.5. The zero-order valence-electron chi connectivity index (χ0n) is 21.1. The van der Waals surface area contributed by atoms with Gasteiger partial charge in [-0.05, 0) is 61.7 Å². The Labute approximate surface area is 211 Å². The zero-order chi connectivity index (χ0) is 24.8. The molecule has 0 spiro atoms. The fraction of sp³-hybridized carbons (Fsp3) is 0.429. The van der Waals surface area contributed by atoms with Gasteiger partial charge >= 0.3 is 0 Å². The van der Waals surface area contributed by atoms with Crippen LogP contribution >= 0.6 is 0 Å². The number of hydrogen-bond donors (Lipinski definition) is 1. The number of benzene rings is 2. The molecule has 36 heavy (non-hydrogen) atoms. The van der Waals surface area contributed by atoms with Gasteiger partial charge in [-0.1, -0.05) is 12.1 Å². The van der Waals surface area contributed by atoms with Crippen LogP contribution in [0.4, 0.5) is 5.69 Å². The van der Waals surface area contributed by atoms with E-state index < -0.39 is 0 Å². The predicted octanol–water partition coefficient (Wildman–Crippen LogP) is 3.49. The summed E-state index contributed by atoms with van der Waals surface area (Å²) in [5.41, 5.74) is 5.27. The summed E-state index contributed by atoms with van der Waals surface area (Å²) in [4.78, 5) is 17.4. The van der Waals surface area contributed by atoms with Gasteiger partial charge in [0.2, 0.25) is 6.79 Å². The number of aryl methyl sites for hydroxylation is 1. The number of nitrogens with zero attached hydrogens (tertiary/aromatic N) is 4. The molecule has 5 heterocycles. The number of fused-ring (bicyclic) bond motifs is 4. The molecule has 3 fully saturated rings. The average molecular weight is 488 g/mol. The van der Waals surface area contributed by atoms with Crippen molar-refractivity contribution in [1.82, 2.24) is 20.0 Å². The molecule has 188 valence electrons. The molecule has 8 heteroatoms. The maximum Gasteiger partial charge on any atom is 0.251 e. The third-order valence-electron chi connectivity index (χ3n) is 7.99. The highest BCUT2D eigenvalue weighted by atomic mass is 16.7. The number of carbonyl (C=O) groups excluding carboxylic acids is 1. The van der Waals surface area contributed by atoms with E-state index >= 15 is 0 Å². The number of ether oxygens (including phenoxy) is 2. The minimum absolute atomic E-state index is 0.0657. The Balaban J connectivity index is 1.11. The van der Waals surface area contributed by atoms with Crippen molar-refractivity contribution >= 4 is 11.6 Å². The van der Waals surface area contributed by atoms with E-state index in [2.05, 4.69) is 71.3 Å². The van der Waals surface area contributed by atoms with Gasteiger partial charge in [0.15, 0.2) is 11.5 Å². The van der Waals surface area contributed by atoms with Crippen LogP contribution in [0.2, 0.25) is 0 Å². The van der Waals surface area contributed by atoms with E-state index in [0.717, 1.165) is 30.8 Å². The molecular formula is C28H33N5O3. The summed E-state index contributed by atoms with van der Waals surface area (Å²) in [6.07, 6.45) is 2.28. The monoisotopic (exact) mass is 487 g/mol. The summed E-state index contributed by atoms with van der Waals surface area (Å²) >= 11 is 0. The van der Waals surface area contributed by atoms with Gasteiger partial charge in [-0.15, -0.1) is 0 Å². The summed E-state index contributed by atoms with van der Waals surface area (Å²) in [5, 5.41) is 8.01. The van der Waals surface area contributed by atoms with Gasteiger partial charge in [-0.3, -0.25) is 14.4 Å². The summed E-state index contributed by atoms with van der Waals surface area (Å²) in [7, 11) is 6.17. The van der Waals surface area contributed by atoms with Gasteiger partial charge in [0.25, 0.3) is 5.91 Å². The van der Waals surface area contributed by atoms with E-state index in [0.29, 0.717) is 41.5 Å². The fourth-order valence-electron chi connectivity index (χ4n) is 5.94. The minimum atomic E-state index is -0.0657.